The number of aromatic hydroxyl groups is 1. The number of benzene rings is 2. The minimum atomic E-state index is -0.390. The van der Waals surface area contributed by atoms with Gasteiger partial charge in [0.1, 0.15) is 11.5 Å². The van der Waals surface area contributed by atoms with Crippen molar-refractivity contribution in [2.75, 3.05) is 6.61 Å². The Bertz CT molecular complexity index is 771. The van der Waals surface area contributed by atoms with E-state index in [0.29, 0.717) is 15.8 Å². The van der Waals surface area contributed by atoms with Crippen LogP contribution >= 0.6 is 31.9 Å². The maximum Gasteiger partial charge on any atom is 0.277 e. The number of carbonyl (C=O) groups is 1. The van der Waals surface area contributed by atoms with Gasteiger partial charge in [0.25, 0.3) is 5.91 Å². The van der Waals surface area contributed by atoms with E-state index in [1.165, 1.54) is 6.21 Å². The molecule has 1 amide bonds. The molecular weight excluding hydrogens is 440 g/mol. The van der Waals surface area contributed by atoms with E-state index in [1.807, 2.05) is 32.0 Å². The van der Waals surface area contributed by atoms with Gasteiger partial charge in [-0.05, 0) is 65.2 Å². The second-order valence-electron chi connectivity index (χ2n) is 5.23. The van der Waals surface area contributed by atoms with Crippen LogP contribution in [0.15, 0.2) is 44.4 Å². The van der Waals surface area contributed by atoms with Gasteiger partial charge in [-0.2, -0.15) is 5.10 Å². The van der Waals surface area contributed by atoms with Crippen molar-refractivity contribution >= 4 is 44.0 Å². The second kappa shape index (κ2) is 8.30. The number of nitrogens with zero attached hydrogens (tertiary/aromatic N) is 1. The van der Waals surface area contributed by atoms with E-state index < -0.39 is 0 Å². The number of nitrogens with one attached hydrogen (secondary N) is 1. The number of hydrazone groups is 1. The summed E-state index contributed by atoms with van der Waals surface area (Å²) in [6.07, 6.45) is 1.36. The van der Waals surface area contributed by atoms with Gasteiger partial charge in [-0.3, -0.25) is 4.79 Å². The van der Waals surface area contributed by atoms with E-state index in [9.17, 15) is 9.90 Å². The molecule has 2 aromatic rings. The van der Waals surface area contributed by atoms with Crippen molar-refractivity contribution < 1.29 is 14.6 Å². The fourth-order valence-corrected chi connectivity index (χ4v) is 3.31. The molecular formula is C17H16Br2N2O3. The Morgan fingerprint density at radius 1 is 1.21 bits per heavy atom. The van der Waals surface area contributed by atoms with Gasteiger partial charge in [-0.15, -0.1) is 0 Å². The first-order valence-electron chi connectivity index (χ1n) is 7.06. The van der Waals surface area contributed by atoms with Crippen LogP contribution in [-0.4, -0.2) is 23.8 Å². The molecule has 0 heterocycles. The molecule has 5 nitrogen and oxygen atoms in total. The summed E-state index contributed by atoms with van der Waals surface area (Å²) >= 11 is 6.55. The molecule has 0 bridgehead atoms. The predicted octanol–water partition coefficient (Wildman–Crippen LogP) is 4.06. The number of amides is 1. The molecule has 0 aromatic heterocycles. The summed E-state index contributed by atoms with van der Waals surface area (Å²) in [5, 5.41) is 13.7. The van der Waals surface area contributed by atoms with Crippen molar-refractivity contribution in [3.8, 4) is 11.5 Å². The molecule has 0 fully saturated rings. The maximum absolute atomic E-state index is 11.8. The van der Waals surface area contributed by atoms with Crippen LogP contribution in [0.5, 0.6) is 11.5 Å². The highest BCUT2D eigenvalue weighted by molar-refractivity contribution is 9.11. The number of halogens is 2. The lowest BCUT2D eigenvalue weighted by molar-refractivity contribution is -0.123. The van der Waals surface area contributed by atoms with Gasteiger partial charge in [0, 0.05) is 10.0 Å². The van der Waals surface area contributed by atoms with Crippen molar-refractivity contribution in [1.29, 1.82) is 0 Å². The number of carbonyl (C=O) groups excluding carboxylic acids is 1. The van der Waals surface area contributed by atoms with Gasteiger partial charge in [0.2, 0.25) is 0 Å². The number of ether oxygens (including phenoxy) is 1. The van der Waals surface area contributed by atoms with Crippen molar-refractivity contribution in [1.82, 2.24) is 5.43 Å². The number of aryl methyl sites for hydroxylation is 2. The molecule has 0 radical (unpaired) electrons. The number of rotatable bonds is 5. The van der Waals surface area contributed by atoms with E-state index in [-0.39, 0.29) is 18.3 Å². The standard InChI is InChI=1S/C17H16Br2N2O3/c1-10-3-11(2)5-14(4-10)24-9-16(22)21-20-8-12-6-13(18)7-15(19)17(12)23/h3-8,23H,9H2,1-2H3,(H,21,22). The minimum absolute atomic E-state index is 0.0442. The van der Waals surface area contributed by atoms with Crippen molar-refractivity contribution in [3.05, 3.63) is 56.0 Å². The monoisotopic (exact) mass is 454 g/mol. The van der Waals surface area contributed by atoms with E-state index in [4.69, 9.17) is 4.74 Å². The second-order valence-corrected chi connectivity index (χ2v) is 7.00. The van der Waals surface area contributed by atoms with Gasteiger partial charge >= 0.3 is 0 Å². The van der Waals surface area contributed by atoms with Crippen LogP contribution in [0.25, 0.3) is 0 Å². The number of phenolic OH excluding ortho intramolecular Hbond substituents is 1. The fourth-order valence-electron chi connectivity index (χ4n) is 2.06. The van der Waals surface area contributed by atoms with Crippen LogP contribution in [0.3, 0.4) is 0 Å². The van der Waals surface area contributed by atoms with Gasteiger partial charge < -0.3 is 9.84 Å². The molecule has 0 saturated carbocycles. The van der Waals surface area contributed by atoms with Gasteiger partial charge in [-0.1, -0.05) is 22.0 Å². The van der Waals surface area contributed by atoms with Crippen molar-refractivity contribution in [2.24, 2.45) is 5.10 Å². The molecule has 0 unspecified atom stereocenters. The molecule has 24 heavy (non-hydrogen) atoms. The van der Waals surface area contributed by atoms with Crippen LogP contribution in [0.4, 0.5) is 0 Å². The Balaban J connectivity index is 1.91. The number of hydrogen-bond acceptors (Lipinski definition) is 4. The fraction of sp³-hybridized carbons (Fsp3) is 0.176. The first-order chi connectivity index (χ1) is 11.3. The molecule has 0 spiro atoms. The Morgan fingerprint density at radius 3 is 2.54 bits per heavy atom. The molecule has 2 N–H and O–H groups in total. The van der Waals surface area contributed by atoms with Gasteiger partial charge in [-0.25, -0.2) is 5.43 Å². The first-order valence-corrected chi connectivity index (χ1v) is 8.65. The van der Waals surface area contributed by atoms with Crippen LogP contribution < -0.4 is 10.2 Å². The van der Waals surface area contributed by atoms with Gasteiger partial charge in [0.15, 0.2) is 6.61 Å². The van der Waals surface area contributed by atoms with E-state index in [2.05, 4.69) is 42.4 Å². The summed E-state index contributed by atoms with van der Waals surface area (Å²) in [6.45, 7) is 3.79. The van der Waals surface area contributed by atoms with Crippen molar-refractivity contribution in [3.63, 3.8) is 0 Å². The highest BCUT2D eigenvalue weighted by Crippen LogP contribution is 2.30. The quantitative estimate of drug-likeness (QED) is 0.527. The molecule has 126 valence electrons. The zero-order valence-electron chi connectivity index (χ0n) is 13.1. The highest BCUT2D eigenvalue weighted by atomic mass is 79.9. The maximum atomic E-state index is 11.8. The highest BCUT2D eigenvalue weighted by Gasteiger charge is 2.06. The third-order valence-corrected chi connectivity index (χ3v) is 4.08. The minimum Gasteiger partial charge on any atom is -0.506 e. The lowest BCUT2D eigenvalue weighted by atomic mass is 10.1. The molecule has 2 rings (SSSR count). The Hall–Kier alpha value is -1.86. The van der Waals surface area contributed by atoms with Crippen LogP contribution in [0.2, 0.25) is 0 Å². The molecule has 7 heteroatoms. The summed E-state index contributed by atoms with van der Waals surface area (Å²) in [5.74, 6) is 0.293. The molecule has 0 aliphatic carbocycles. The Kier molecular flexibility index (Phi) is 6.39. The number of phenols is 1. The smallest absolute Gasteiger partial charge is 0.277 e. The lowest BCUT2D eigenvalue weighted by Gasteiger charge is -2.07. The molecule has 0 atom stereocenters. The lowest BCUT2D eigenvalue weighted by Crippen LogP contribution is -2.24. The van der Waals surface area contributed by atoms with E-state index in [1.54, 1.807) is 12.1 Å². The SMILES string of the molecule is Cc1cc(C)cc(OCC(=O)NN=Cc2cc(Br)cc(Br)c2O)c1. The third-order valence-electron chi connectivity index (χ3n) is 3.02. The van der Waals surface area contributed by atoms with E-state index >= 15 is 0 Å². The van der Waals surface area contributed by atoms with Crippen LogP contribution in [0.1, 0.15) is 16.7 Å². The molecule has 0 aliphatic rings. The van der Waals surface area contributed by atoms with Gasteiger partial charge in [0.05, 0.1) is 10.7 Å². The number of hydrogen-bond donors (Lipinski definition) is 2. The zero-order valence-corrected chi connectivity index (χ0v) is 16.3. The normalized spacial score (nSPS) is 10.8. The molecule has 2 aromatic carbocycles. The summed E-state index contributed by atoms with van der Waals surface area (Å²) in [7, 11) is 0. The summed E-state index contributed by atoms with van der Waals surface area (Å²) < 4.78 is 6.75. The van der Waals surface area contributed by atoms with E-state index in [0.717, 1.165) is 15.6 Å². The Morgan fingerprint density at radius 2 is 1.88 bits per heavy atom. The molecule has 0 saturated heterocycles. The average Bonchev–Trinajstić information content (AvgIpc) is 2.49. The largest absolute Gasteiger partial charge is 0.506 e. The molecule has 0 aliphatic heterocycles. The summed E-state index contributed by atoms with van der Waals surface area (Å²) in [6, 6.07) is 9.14. The van der Waals surface area contributed by atoms with Crippen LogP contribution in [-0.2, 0) is 4.79 Å². The van der Waals surface area contributed by atoms with Crippen LogP contribution in [0, 0.1) is 13.8 Å². The van der Waals surface area contributed by atoms with Crippen molar-refractivity contribution in [2.45, 2.75) is 13.8 Å². The predicted molar refractivity (Wildman–Crippen MR) is 101 cm³/mol. The average molecular weight is 456 g/mol. The summed E-state index contributed by atoms with van der Waals surface area (Å²) in [4.78, 5) is 11.8. The zero-order chi connectivity index (χ0) is 17.7. The Labute approximate surface area is 157 Å². The third kappa shape index (κ3) is 5.35. The topological polar surface area (TPSA) is 70.9 Å². The summed E-state index contributed by atoms with van der Waals surface area (Å²) in [5.41, 5.74) is 4.96. The first kappa shape index (κ1) is 18.5.